The number of carboxylic acid groups (broad SMARTS) is 1. The van der Waals surface area contributed by atoms with Gasteiger partial charge < -0.3 is 19.6 Å². The van der Waals surface area contributed by atoms with Crippen molar-refractivity contribution in [3.63, 3.8) is 0 Å². The van der Waals surface area contributed by atoms with E-state index in [-0.39, 0.29) is 17.9 Å². The second kappa shape index (κ2) is 9.80. The largest absolute Gasteiger partial charge is 0.490 e. The minimum atomic E-state index is -5.08. The fourth-order valence-corrected chi connectivity index (χ4v) is 4.36. The SMILES string of the molecule is Cc1ccc(N2CC[C@H]3OCC[C@@H](C(=O)N4CCCC4)[C@H]3C2)nn1.O=C(O)C(F)(F)F. The first-order chi connectivity index (χ1) is 14.7. The highest BCUT2D eigenvalue weighted by molar-refractivity contribution is 5.79. The van der Waals surface area contributed by atoms with Crippen LogP contribution in [0.15, 0.2) is 12.1 Å². The molecule has 3 fully saturated rings. The number of anilines is 1. The molecule has 0 spiro atoms. The van der Waals surface area contributed by atoms with Crippen LogP contribution >= 0.6 is 0 Å². The molecule has 31 heavy (non-hydrogen) atoms. The van der Waals surface area contributed by atoms with Crippen LogP contribution in [-0.4, -0.2) is 77.1 Å². The van der Waals surface area contributed by atoms with E-state index in [1.165, 1.54) is 0 Å². The number of likely N-dealkylation sites (tertiary alicyclic amines) is 1. The van der Waals surface area contributed by atoms with Gasteiger partial charge in [0, 0.05) is 44.6 Å². The molecule has 3 aliphatic heterocycles. The summed E-state index contributed by atoms with van der Waals surface area (Å²) in [4.78, 5) is 26.2. The van der Waals surface area contributed by atoms with Gasteiger partial charge in [-0.05, 0) is 44.7 Å². The summed E-state index contributed by atoms with van der Waals surface area (Å²) in [6.45, 7) is 6.29. The average Bonchev–Trinajstić information content (AvgIpc) is 3.28. The second-order valence-electron chi connectivity index (χ2n) is 8.07. The molecule has 0 aliphatic carbocycles. The second-order valence-corrected chi connectivity index (χ2v) is 8.07. The maximum atomic E-state index is 13.0. The van der Waals surface area contributed by atoms with Gasteiger partial charge in [0.25, 0.3) is 0 Å². The van der Waals surface area contributed by atoms with Crippen molar-refractivity contribution in [2.75, 3.05) is 37.7 Å². The van der Waals surface area contributed by atoms with E-state index in [1.807, 2.05) is 19.1 Å². The van der Waals surface area contributed by atoms with Crippen molar-refractivity contribution in [2.45, 2.75) is 44.9 Å². The number of nitrogens with zero attached hydrogens (tertiary/aromatic N) is 4. The Hall–Kier alpha value is -2.43. The van der Waals surface area contributed by atoms with E-state index in [4.69, 9.17) is 14.6 Å². The van der Waals surface area contributed by atoms with Crippen molar-refractivity contribution in [3.8, 4) is 0 Å². The molecule has 3 atom stereocenters. The fourth-order valence-electron chi connectivity index (χ4n) is 4.36. The number of carbonyl (C=O) groups excluding carboxylic acids is 1. The molecule has 0 radical (unpaired) electrons. The minimum absolute atomic E-state index is 0.100. The lowest BCUT2D eigenvalue weighted by molar-refractivity contribution is -0.192. The molecule has 0 aromatic carbocycles. The van der Waals surface area contributed by atoms with Crippen LogP contribution in [0.5, 0.6) is 0 Å². The molecule has 3 aliphatic rings. The number of aromatic nitrogens is 2. The van der Waals surface area contributed by atoms with Crippen LogP contribution in [0, 0.1) is 18.8 Å². The van der Waals surface area contributed by atoms with E-state index >= 15 is 0 Å². The zero-order valence-electron chi connectivity index (χ0n) is 17.3. The summed E-state index contributed by atoms with van der Waals surface area (Å²) in [5, 5.41) is 15.6. The molecule has 0 bridgehead atoms. The van der Waals surface area contributed by atoms with Crippen LogP contribution in [0.2, 0.25) is 0 Å². The molecular formula is C20H27F3N4O4. The van der Waals surface area contributed by atoms with Crippen molar-refractivity contribution in [2.24, 2.45) is 11.8 Å². The molecule has 0 unspecified atom stereocenters. The normalized spacial score (nSPS) is 26.0. The van der Waals surface area contributed by atoms with Gasteiger partial charge in [0.1, 0.15) is 0 Å². The minimum Gasteiger partial charge on any atom is -0.475 e. The number of alkyl halides is 3. The van der Waals surface area contributed by atoms with Crippen LogP contribution in [0.4, 0.5) is 19.0 Å². The zero-order valence-corrected chi connectivity index (χ0v) is 17.3. The van der Waals surface area contributed by atoms with Gasteiger partial charge in [0.05, 0.1) is 11.8 Å². The molecule has 1 N–H and O–H groups in total. The van der Waals surface area contributed by atoms with E-state index in [1.54, 1.807) is 0 Å². The summed E-state index contributed by atoms with van der Waals surface area (Å²) < 4.78 is 37.7. The maximum Gasteiger partial charge on any atom is 0.490 e. The van der Waals surface area contributed by atoms with Crippen molar-refractivity contribution in [1.29, 1.82) is 0 Å². The summed E-state index contributed by atoms with van der Waals surface area (Å²) in [6, 6.07) is 4.03. The molecular weight excluding hydrogens is 417 g/mol. The highest BCUT2D eigenvalue weighted by atomic mass is 19.4. The first kappa shape index (κ1) is 23.2. The van der Waals surface area contributed by atoms with Gasteiger partial charge in [0.15, 0.2) is 5.82 Å². The summed E-state index contributed by atoms with van der Waals surface area (Å²) in [5.41, 5.74) is 0.928. The van der Waals surface area contributed by atoms with Crippen LogP contribution in [-0.2, 0) is 14.3 Å². The number of hydrogen-bond donors (Lipinski definition) is 1. The molecule has 1 aromatic rings. The van der Waals surface area contributed by atoms with Crippen LogP contribution < -0.4 is 4.90 Å². The number of piperidine rings is 1. The summed E-state index contributed by atoms with van der Waals surface area (Å²) in [7, 11) is 0. The van der Waals surface area contributed by atoms with Crippen LogP contribution in [0.3, 0.4) is 0 Å². The third-order valence-electron chi connectivity index (χ3n) is 5.96. The average molecular weight is 444 g/mol. The Morgan fingerprint density at radius 3 is 2.39 bits per heavy atom. The molecule has 172 valence electrons. The smallest absolute Gasteiger partial charge is 0.475 e. The Bertz CT molecular complexity index is 769. The Kier molecular flexibility index (Phi) is 7.34. The zero-order chi connectivity index (χ0) is 22.6. The van der Waals surface area contributed by atoms with Gasteiger partial charge in [-0.2, -0.15) is 18.3 Å². The fraction of sp³-hybridized carbons (Fsp3) is 0.700. The quantitative estimate of drug-likeness (QED) is 0.748. The number of halogens is 3. The molecule has 3 saturated heterocycles. The summed E-state index contributed by atoms with van der Waals surface area (Å²) in [5.74, 6) is -1.13. The number of hydrogen-bond acceptors (Lipinski definition) is 6. The van der Waals surface area contributed by atoms with Gasteiger partial charge >= 0.3 is 12.1 Å². The molecule has 4 rings (SSSR count). The van der Waals surface area contributed by atoms with Gasteiger partial charge in [-0.15, -0.1) is 5.10 Å². The molecule has 1 aromatic heterocycles. The number of aryl methyl sites for hydroxylation is 1. The Morgan fingerprint density at radius 2 is 1.81 bits per heavy atom. The third-order valence-corrected chi connectivity index (χ3v) is 5.96. The lowest BCUT2D eigenvalue weighted by Crippen LogP contribution is -2.54. The lowest BCUT2D eigenvalue weighted by atomic mass is 9.78. The number of rotatable bonds is 2. The van der Waals surface area contributed by atoms with E-state index in [2.05, 4.69) is 20.0 Å². The van der Waals surface area contributed by atoms with E-state index < -0.39 is 12.1 Å². The lowest BCUT2D eigenvalue weighted by Gasteiger charge is -2.45. The number of aliphatic carboxylic acids is 1. The van der Waals surface area contributed by atoms with Gasteiger partial charge in [-0.25, -0.2) is 4.79 Å². The van der Waals surface area contributed by atoms with Crippen LogP contribution in [0.1, 0.15) is 31.4 Å². The Balaban J connectivity index is 0.000000339. The van der Waals surface area contributed by atoms with Crippen molar-refractivity contribution in [3.05, 3.63) is 17.8 Å². The van der Waals surface area contributed by atoms with Crippen LogP contribution in [0.25, 0.3) is 0 Å². The van der Waals surface area contributed by atoms with Crippen molar-refractivity contribution in [1.82, 2.24) is 15.1 Å². The number of amides is 1. The predicted octanol–water partition coefficient (Wildman–Crippen LogP) is 2.27. The third kappa shape index (κ3) is 5.84. The summed E-state index contributed by atoms with van der Waals surface area (Å²) in [6.07, 6.45) is -0.763. The summed E-state index contributed by atoms with van der Waals surface area (Å²) >= 11 is 0. The standard InChI is InChI=1S/C18H26N4O2.C2HF3O2/c1-13-4-5-17(20-19-13)22-10-6-16-15(12-22)14(7-11-24-16)18(23)21-8-2-3-9-21;3-2(4,5)1(6)7/h4-5,14-16H,2-3,6-12H2,1H3;(H,6,7)/t14-,15-,16-;/m1./s1. The van der Waals surface area contributed by atoms with Crippen molar-refractivity contribution < 1.29 is 32.6 Å². The van der Waals surface area contributed by atoms with E-state index in [0.717, 1.165) is 70.0 Å². The Morgan fingerprint density at radius 1 is 1.13 bits per heavy atom. The molecule has 8 nitrogen and oxygen atoms in total. The monoisotopic (exact) mass is 444 g/mol. The maximum absolute atomic E-state index is 13.0. The number of carbonyl (C=O) groups is 2. The molecule has 1 amide bonds. The number of carboxylic acids is 1. The Labute approximate surface area is 178 Å². The first-order valence-corrected chi connectivity index (χ1v) is 10.4. The number of ether oxygens (including phenoxy) is 1. The topological polar surface area (TPSA) is 95.9 Å². The van der Waals surface area contributed by atoms with E-state index in [9.17, 15) is 18.0 Å². The predicted molar refractivity (Wildman–Crippen MR) is 104 cm³/mol. The van der Waals surface area contributed by atoms with Gasteiger partial charge in [0.2, 0.25) is 5.91 Å². The first-order valence-electron chi connectivity index (χ1n) is 10.4. The van der Waals surface area contributed by atoms with Gasteiger partial charge in [-0.3, -0.25) is 4.79 Å². The molecule has 4 heterocycles. The van der Waals surface area contributed by atoms with Gasteiger partial charge in [-0.1, -0.05) is 0 Å². The highest BCUT2D eigenvalue weighted by Gasteiger charge is 2.43. The van der Waals surface area contributed by atoms with E-state index in [0.29, 0.717) is 5.91 Å². The number of fused-ring (bicyclic) bond motifs is 1. The van der Waals surface area contributed by atoms with Crippen molar-refractivity contribution >= 4 is 17.7 Å². The highest BCUT2D eigenvalue weighted by Crippen LogP contribution is 2.36. The molecule has 0 saturated carbocycles. The molecule has 11 heteroatoms.